The molecule has 24 heavy (non-hydrogen) atoms. The zero-order valence-electron chi connectivity index (χ0n) is 13.0. The molecule has 1 aromatic carbocycles. The van der Waals surface area contributed by atoms with Crippen LogP contribution in [0.2, 0.25) is 0 Å². The molecular weight excluding hydrogens is 441 g/mol. The Labute approximate surface area is 155 Å². The highest BCUT2D eigenvalue weighted by molar-refractivity contribution is 9.18. The second-order valence-corrected chi connectivity index (χ2v) is 7.66. The summed E-state index contributed by atoms with van der Waals surface area (Å²) >= 11 is 6.56. The Morgan fingerprint density at radius 1 is 1.04 bits per heavy atom. The molecule has 0 amide bonds. The van der Waals surface area contributed by atoms with E-state index in [-0.39, 0.29) is 0 Å². The van der Waals surface area contributed by atoms with E-state index in [2.05, 4.69) is 31.9 Å². The number of fused-ring (bicyclic) bond motifs is 2. The molecule has 3 heterocycles. The zero-order chi connectivity index (χ0) is 17.2. The summed E-state index contributed by atoms with van der Waals surface area (Å²) in [6.45, 7) is 0.0951. The summed E-state index contributed by atoms with van der Waals surface area (Å²) in [6.07, 6.45) is 3.43. The molecular formula is C17H13BBr2F2N2. The van der Waals surface area contributed by atoms with Crippen LogP contribution in [0.3, 0.4) is 0 Å². The smallest absolute Gasteiger partial charge is 0.389 e. The molecule has 0 atom stereocenters. The van der Waals surface area contributed by atoms with Gasteiger partial charge in [0.05, 0.1) is 10.2 Å². The average Bonchev–Trinajstić information content (AvgIpc) is 3.09. The van der Waals surface area contributed by atoms with Crippen molar-refractivity contribution in [3.8, 4) is 0 Å². The maximum atomic E-state index is 15.2. The molecule has 1 aromatic heterocycles. The lowest BCUT2D eigenvalue weighted by atomic mass is 9.85. The van der Waals surface area contributed by atoms with Crippen molar-refractivity contribution in [1.29, 1.82) is 0 Å². The number of aromatic nitrogens is 1. The van der Waals surface area contributed by atoms with Crippen molar-refractivity contribution >= 4 is 49.0 Å². The summed E-state index contributed by atoms with van der Waals surface area (Å²) in [5, 5.41) is 0. The number of nitrogens with zero attached hydrogens (tertiary/aromatic N) is 2. The Balaban J connectivity index is 2.15. The van der Waals surface area contributed by atoms with Gasteiger partial charge in [0.25, 0.3) is 0 Å². The Bertz CT molecular complexity index is 986. The highest BCUT2D eigenvalue weighted by Crippen LogP contribution is 2.42. The lowest BCUT2D eigenvalue weighted by Gasteiger charge is -2.32. The van der Waals surface area contributed by atoms with Crippen molar-refractivity contribution in [2.75, 3.05) is 0 Å². The Kier molecular flexibility index (Phi) is 3.52. The van der Waals surface area contributed by atoms with Gasteiger partial charge in [0, 0.05) is 33.8 Å². The fourth-order valence-electron chi connectivity index (χ4n) is 3.43. The summed E-state index contributed by atoms with van der Waals surface area (Å²) < 4.78 is 33.3. The lowest BCUT2D eigenvalue weighted by molar-refractivity contribution is -0.358. The van der Waals surface area contributed by atoms with Gasteiger partial charge in [-0.1, -0.05) is 18.2 Å². The van der Waals surface area contributed by atoms with Crippen molar-refractivity contribution < 1.29 is 13.1 Å². The summed E-state index contributed by atoms with van der Waals surface area (Å²) in [6, 6.07) is 9.42. The van der Waals surface area contributed by atoms with E-state index in [1.165, 1.54) is 0 Å². The number of allylic oxidation sites excluding steroid dienone is 2. The number of halogens is 4. The van der Waals surface area contributed by atoms with Gasteiger partial charge in [-0.05, 0) is 58.6 Å². The number of hydrogen-bond acceptors (Lipinski definition) is 0. The molecule has 2 aliphatic heterocycles. The van der Waals surface area contributed by atoms with Crippen molar-refractivity contribution in [2.24, 2.45) is 0 Å². The summed E-state index contributed by atoms with van der Waals surface area (Å²) in [4.78, 5) is 0. The van der Waals surface area contributed by atoms with Gasteiger partial charge >= 0.3 is 6.97 Å². The molecule has 0 saturated carbocycles. The van der Waals surface area contributed by atoms with Crippen LogP contribution in [-0.2, 0) is 0 Å². The maximum Gasteiger partial charge on any atom is 0.738 e. The van der Waals surface area contributed by atoms with Gasteiger partial charge in [-0.25, -0.2) is 0 Å². The number of hydrogen-bond donors (Lipinski definition) is 0. The predicted molar refractivity (Wildman–Crippen MR) is 101 cm³/mol. The standard InChI is InChI=1S/C17H13BBr2F2N2/c1-10-4-3-5-12(11(10)2)17-13-6-8-15(19)23(13)18(21,22)24-14(17)7-9-16(24)20/h3-9H,1-2H3. The highest BCUT2D eigenvalue weighted by Gasteiger charge is 2.54. The molecule has 0 unspecified atom stereocenters. The fraction of sp³-hybridized carbons (Fsp3) is 0.118. The van der Waals surface area contributed by atoms with Gasteiger partial charge in [0.2, 0.25) is 4.62 Å². The van der Waals surface area contributed by atoms with Gasteiger partial charge in [-0.15, -0.1) is 0 Å². The highest BCUT2D eigenvalue weighted by atomic mass is 79.9. The van der Waals surface area contributed by atoms with E-state index >= 15 is 8.63 Å². The quantitative estimate of drug-likeness (QED) is 0.522. The van der Waals surface area contributed by atoms with Crippen LogP contribution in [0.5, 0.6) is 0 Å². The van der Waals surface area contributed by atoms with Gasteiger partial charge in [0.15, 0.2) is 5.70 Å². The monoisotopic (exact) mass is 452 g/mol. The molecule has 0 bridgehead atoms. The maximum absolute atomic E-state index is 15.2. The molecule has 4 rings (SSSR count). The minimum Gasteiger partial charge on any atom is -0.389 e. The Hall–Kier alpha value is -1.47. The van der Waals surface area contributed by atoms with E-state index in [1.807, 2.05) is 32.0 Å². The molecule has 0 aliphatic carbocycles. The van der Waals surface area contributed by atoms with E-state index in [0.717, 1.165) is 31.2 Å². The largest absolute Gasteiger partial charge is 0.738 e. The molecule has 0 N–H and O–H groups in total. The first kappa shape index (κ1) is 16.0. The Morgan fingerprint density at radius 2 is 1.79 bits per heavy atom. The minimum absolute atomic E-state index is 0.372. The van der Waals surface area contributed by atoms with E-state index < -0.39 is 6.97 Å². The van der Waals surface area contributed by atoms with Crippen molar-refractivity contribution in [3.63, 3.8) is 0 Å². The van der Waals surface area contributed by atoms with Crippen LogP contribution in [0.4, 0.5) is 8.63 Å². The SMILES string of the molecule is Cc1cccc(C2=C3C=CC(Br)=[N+]3[B-](F)(F)n3c(Br)ccc32)c1C. The van der Waals surface area contributed by atoms with Crippen LogP contribution in [0.25, 0.3) is 5.57 Å². The first-order chi connectivity index (χ1) is 11.3. The predicted octanol–water partition coefficient (Wildman–Crippen LogP) is 5.24. The molecule has 2 aliphatic rings. The van der Waals surface area contributed by atoms with E-state index in [0.29, 0.717) is 20.6 Å². The van der Waals surface area contributed by atoms with E-state index in [1.54, 1.807) is 24.3 Å². The van der Waals surface area contributed by atoms with Crippen LogP contribution in [-0.4, -0.2) is 20.6 Å². The normalized spacial score (nSPS) is 18.2. The number of benzene rings is 1. The van der Waals surface area contributed by atoms with Gasteiger partial charge in [-0.2, -0.15) is 0 Å². The van der Waals surface area contributed by atoms with E-state index in [4.69, 9.17) is 0 Å². The van der Waals surface area contributed by atoms with Crippen LogP contribution in [0.1, 0.15) is 22.4 Å². The van der Waals surface area contributed by atoms with Crippen molar-refractivity contribution in [2.45, 2.75) is 13.8 Å². The molecule has 7 heteroatoms. The lowest BCUT2D eigenvalue weighted by Crippen LogP contribution is -2.50. The topological polar surface area (TPSA) is 7.94 Å². The van der Waals surface area contributed by atoms with Crippen molar-refractivity contribution in [1.82, 2.24) is 4.48 Å². The van der Waals surface area contributed by atoms with Crippen LogP contribution >= 0.6 is 31.9 Å². The van der Waals surface area contributed by atoms with Crippen LogP contribution in [0.15, 0.2) is 52.8 Å². The van der Waals surface area contributed by atoms with Gasteiger partial charge in [0.1, 0.15) is 0 Å². The second kappa shape index (κ2) is 5.26. The minimum atomic E-state index is -3.97. The van der Waals surface area contributed by atoms with Crippen LogP contribution in [0, 0.1) is 13.8 Å². The second-order valence-electron chi connectivity index (χ2n) is 6.03. The third-order valence-electron chi connectivity index (χ3n) is 4.74. The van der Waals surface area contributed by atoms with E-state index in [9.17, 15) is 0 Å². The zero-order valence-corrected chi connectivity index (χ0v) is 16.2. The van der Waals surface area contributed by atoms with Crippen molar-refractivity contribution in [3.05, 3.63) is 75.2 Å². The summed E-state index contributed by atoms with van der Waals surface area (Å²) in [5.74, 6) is 0. The average molecular weight is 454 g/mol. The molecule has 0 saturated heterocycles. The first-order valence-corrected chi connectivity index (χ1v) is 9.13. The third-order valence-corrected chi connectivity index (χ3v) is 6.04. The Morgan fingerprint density at radius 3 is 2.54 bits per heavy atom. The van der Waals surface area contributed by atoms with Crippen LogP contribution < -0.4 is 0 Å². The molecule has 0 spiro atoms. The van der Waals surface area contributed by atoms with Gasteiger partial charge in [-0.3, -0.25) is 0 Å². The number of rotatable bonds is 1. The summed E-state index contributed by atoms with van der Waals surface area (Å²) in [5.41, 5.74) is 5.08. The molecule has 0 radical (unpaired) electrons. The summed E-state index contributed by atoms with van der Waals surface area (Å²) in [7, 11) is 0. The number of aryl methyl sites for hydroxylation is 1. The molecule has 122 valence electrons. The fourth-order valence-corrected chi connectivity index (χ4v) is 4.57. The first-order valence-electron chi connectivity index (χ1n) is 7.54. The molecule has 0 fully saturated rings. The van der Waals surface area contributed by atoms with Gasteiger partial charge < -0.3 is 17.6 Å². The molecule has 2 nitrogen and oxygen atoms in total. The third kappa shape index (κ3) is 2.00. The molecule has 2 aromatic rings.